The first kappa shape index (κ1) is 34.0. The van der Waals surface area contributed by atoms with Gasteiger partial charge in [-0.3, -0.25) is 0 Å². The number of hydrogen-bond acceptors (Lipinski definition) is 5. The lowest BCUT2D eigenvalue weighted by Gasteiger charge is -2.34. The van der Waals surface area contributed by atoms with Crippen LogP contribution in [0, 0.1) is 0 Å². The van der Waals surface area contributed by atoms with Crippen LogP contribution >= 0.6 is 11.3 Å². The molecule has 0 N–H and O–H groups in total. The Morgan fingerprint density at radius 3 is 1.75 bits per heavy atom. The highest BCUT2D eigenvalue weighted by Gasteiger charge is 2.29. The molecular formula is C55H33N5S. The lowest BCUT2D eigenvalue weighted by Crippen LogP contribution is -2.15. The van der Waals surface area contributed by atoms with Crippen molar-refractivity contribution in [3.05, 3.63) is 200 Å². The Morgan fingerprint density at radius 2 is 0.984 bits per heavy atom. The molecule has 4 heterocycles. The monoisotopic (exact) mass is 795 g/mol. The van der Waals surface area contributed by atoms with Gasteiger partial charge in [0.05, 0.1) is 22.4 Å². The fourth-order valence-electron chi connectivity index (χ4n) is 9.45. The lowest BCUT2D eigenvalue weighted by atomic mass is 9.88. The summed E-state index contributed by atoms with van der Waals surface area (Å²) in [6, 6.07) is 71.5. The Morgan fingerprint density at radius 1 is 0.344 bits per heavy atom. The fraction of sp³-hybridized carbons (Fsp3) is 0. The smallest absolute Gasteiger partial charge is 0.164 e. The van der Waals surface area contributed by atoms with Gasteiger partial charge < -0.3 is 9.47 Å². The summed E-state index contributed by atoms with van der Waals surface area (Å²) >= 11 is 1.87. The topological polar surface area (TPSA) is 46.8 Å². The van der Waals surface area contributed by atoms with Crippen LogP contribution in [0.25, 0.3) is 104 Å². The third-order valence-corrected chi connectivity index (χ3v) is 13.3. The SMILES string of the molecule is c1ccc(-c2nc(-c3ccccc3)nc(-c3ccc4c5c(cccc35)-c3cc(-n5c6ccccc6c6cc7sc8ccccc8c7cc65)ccc3N4c3ccccc3)n2)cc1. The van der Waals surface area contributed by atoms with Gasteiger partial charge in [-0.2, -0.15) is 0 Å². The number of para-hydroxylation sites is 2. The van der Waals surface area contributed by atoms with E-state index in [-0.39, 0.29) is 0 Å². The number of aromatic nitrogens is 4. The maximum atomic E-state index is 5.18. The molecule has 5 nitrogen and oxygen atoms in total. The minimum absolute atomic E-state index is 0.639. The summed E-state index contributed by atoms with van der Waals surface area (Å²) in [5.74, 6) is 1.93. The molecule has 6 heteroatoms. The first-order valence-electron chi connectivity index (χ1n) is 20.5. The average molecular weight is 796 g/mol. The largest absolute Gasteiger partial charge is 0.309 e. The van der Waals surface area contributed by atoms with E-state index in [2.05, 4.69) is 173 Å². The van der Waals surface area contributed by atoms with Gasteiger partial charge in [0.15, 0.2) is 17.5 Å². The summed E-state index contributed by atoms with van der Waals surface area (Å²) in [5, 5.41) is 7.34. The van der Waals surface area contributed by atoms with E-state index in [0.717, 1.165) is 55.8 Å². The minimum Gasteiger partial charge on any atom is -0.309 e. The predicted molar refractivity (Wildman–Crippen MR) is 255 cm³/mol. The zero-order valence-electron chi connectivity index (χ0n) is 32.7. The fourth-order valence-corrected chi connectivity index (χ4v) is 10.6. The summed E-state index contributed by atoms with van der Waals surface area (Å²) < 4.78 is 5.08. The van der Waals surface area contributed by atoms with Gasteiger partial charge in [0, 0.05) is 70.0 Å². The normalized spacial score (nSPS) is 12.2. The van der Waals surface area contributed by atoms with Crippen molar-refractivity contribution in [3.63, 3.8) is 0 Å². The minimum atomic E-state index is 0.639. The quantitative estimate of drug-likeness (QED) is 0.174. The maximum Gasteiger partial charge on any atom is 0.164 e. The third kappa shape index (κ3) is 5.22. The van der Waals surface area contributed by atoms with Crippen LogP contribution in [0.2, 0.25) is 0 Å². The van der Waals surface area contributed by atoms with Crippen molar-refractivity contribution >= 4 is 81.1 Å². The van der Waals surface area contributed by atoms with Crippen LogP contribution in [0.4, 0.5) is 17.1 Å². The van der Waals surface area contributed by atoms with Gasteiger partial charge in [0.1, 0.15) is 0 Å². The van der Waals surface area contributed by atoms with E-state index in [4.69, 9.17) is 15.0 Å². The predicted octanol–water partition coefficient (Wildman–Crippen LogP) is 14.9. The highest BCUT2D eigenvalue weighted by molar-refractivity contribution is 7.25. The van der Waals surface area contributed by atoms with Crippen molar-refractivity contribution in [1.29, 1.82) is 0 Å². The molecule has 61 heavy (non-hydrogen) atoms. The van der Waals surface area contributed by atoms with E-state index >= 15 is 0 Å². The van der Waals surface area contributed by atoms with Gasteiger partial charge in [-0.05, 0) is 77.7 Å². The van der Waals surface area contributed by atoms with Crippen molar-refractivity contribution in [2.75, 3.05) is 4.90 Å². The molecule has 0 bridgehead atoms. The van der Waals surface area contributed by atoms with Crippen LogP contribution in [0.1, 0.15) is 0 Å². The van der Waals surface area contributed by atoms with Gasteiger partial charge in [0.2, 0.25) is 0 Å². The molecule has 1 aliphatic rings. The van der Waals surface area contributed by atoms with Crippen LogP contribution in [-0.4, -0.2) is 19.5 Å². The maximum absolute atomic E-state index is 5.18. The Kier molecular flexibility index (Phi) is 7.41. The summed E-state index contributed by atoms with van der Waals surface area (Å²) in [6.45, 7) is 0. The number of rotatable bonds is 5. The molecule has 0 amide bonds. The first-order valence-corrected chi connectivity index (χ1v) is 21.3. The summed E-state index contributed by atoms with van der Waals surface area (Å²) in [7, 11) is 0. The number of benzene rings is 9. The second kappa shape index (κ2) is 13.3. The van der Waals surface area contributed by atoms with E-state index in [1.165, 1.54) is 47.5 Å². The second-order valence-electron chi connectivity index (χ2n) is 15.6. The highest BCUT2D eigenvalue weighted by Crippen LogP contribution is 2.53. The van der Waals surface area contributed by atoms with Crippen LogP contribution in [0.5, 0.6) is 0 Å². The van der Waals surface area contributed by atoms with Gasteiger partial charge in [-0.15, -0.1) is 11.3 Å². The van der Waals surface area contributed by atoms with Crippen molar-refractivity contribution in [1.82, 2.24) is 19.5 Å². The van der Waals surface area contributed by atoms with Gasteiger partial charge >= 0.3 is 0 Å². The van der Waals surface area contributed by atoms with E-state index in [9.17, 15) is 0 Å². The number of thiophene rings is 1. The van der Waals surface area contributed by atoms with Crippen molar-refractivity contribution in [3.8, 4) is 51.0 Å². The zero-order chi connectivity index (χ0) is 40.0. The molecule has 3 aromatic heterocycles. The molecule has 0 aliphatic carbocycles. The van der Waals surface area contributed by atoms with Crippen LogP contribution in [0.3, 0.4) is 0 Å². The van der Waals surface area contributed by atoms with Gasteiger partial charge in [-0.1, -0.05) is 133 Å². The summed E-state index contributed by atoms with van der Waals surface area (Å²) in [5.41, 5.74) is 12.0. The number of nitrogens with zero attached hydrogens (tertiary/aromatic N) is 5. The molecule has 0 spiro atoms. The second-order valence-corrected chi connectivity index (χ2v) is 16.7. The molecule has 0 atom stereocenters. The van der Waals surface area contributed by atoms with E-state index in [1.807, 2.05) is 47.7 Å². The molecule has 0 unspecified atom stereocenters. The summed E-state index contributed by atoms with van der Waals surface area (Å²) in [6.07, 6.45) is 0. The van der Waals surface area contributed by atoms with Gasteiger partial charge in [0.25, 0.3) is 0 Å². The lowest BCUT2D eigenvalue weighted by molar-refractivity contribution is 1.08. The molecule has 1 aliphatic heterocycles. The van der Waals surface area contributed by atoms with Gasteiger partial charge in [-0.25, -0.2) is 15.0 Å². The molecule has 284 valence electrons. The molecule has 12 aromatic rings. The number of fused-ring (bicyclic) bond motifs is 8. The molecular weight excluding hydrogens is 763 g/mol. The standard InChI is InChI=1S/C55H33N5S/c1-4-15-34(16-5-1)53-56-54(35-17-6-2-7-18-35)58-55(57-53)42-28-30-48-52-40(42)23-14-24-41(52)43-31-37(27-29-47(43)59(48)36-19-8-3-9-20-36)60-46-25-12-10-21-38(46)44-33-51-45(32-49(44)60)39-22-11-13-26-50(39)61-51/h1-33H. The van der Waals surface area contributed by atoms with E-state index in [0.29, 0.717) is 17.5 Å². The molecule has 9 aromatic carbocycles. The highest BCUT2D eigenvalue weighted by atomic mass is 32.1. The van der Waals surface area contributed by atoms with Crippen molar-refractivity contribution in [2.45, 2.75) is 0 Å². The first-order chi connectivity index (χ1) is 30.2. The zero-order valence-corrected chi connectivity index (χ0v) is 33.5. The third-order valence-electron chi connectivity index (χ3n) is 12.2. The van der Waals surface area contributed by atoms with Crippen LogP contribution in [-0.2, 0) is 0 Å². The van der Waals surface area contributed by atoms with E-state index < -0.39 is 0 Å². The molecule has 0 saturated heterocycles. The molecule has 0 radical (unpaired) electrons. The number of hydrogen-bond donors (Lipinski definition) is 0. The molecule has 13 rings (SSSR count). The van der Waals surface area contributed by atoms with Crippen molar-refractivity contribution in [2.24, 2.45) is 0 Å². The Bertz CT molecular complexity index is 3650. The Balaban J connectivity index is 1.07. The summed E-state index contributed by atoms with van der Waals surface area (Å²) in [4.78, 5) is 17.8. The van der Waals surface area contributed by atoms with Crippen LogP contribution in [0.15, 0.2) is 200 Å². The molecule has 0 fully saturated rings. The van der Waals surface area contributed by atoms with E-state index in [1.54, 1.807) is 0 Å². The average Bonchev–Trinajstić information content (AvgIpc) is 3.86. The molecule has 0 saturated carbocycles. The Labute approximate surface area is 355 Å². The number of anilines is 3. The van der Waals surface area contributed by atoms with Crippen LogP contribution < -0.4 is 4.90 Å². The Hall–Kier alpha value is -7.93. The van der Waals surface area contributed by atoms with Crippen molar-refractivity contribution < 1.29 is 0 Å².